The van der Waals surface area contributed by atoms with Crippen LogP contribution in [-0.2, 0) is 4.79 Å². The van der Waals surface area contributed by atoms with Crippen LogP contribution in [0.25, 0.3) is 6.08 Å². The smallest absolute Gasteiger partial charge is 0.266 e. The van der Waals surface area contributed by atoms with Crippen molar-refractivity contribution in [1.29, 1.82) is 0 Å². The first-order chi connectivity index (χ1) is 10.3. The van der Waals surface area contributed by atoms with Crippen LogP contribution in [-0.4, -0.2) is 22.3 Å². The van der Waals surface area contributed by atoms with Crippen LogP contribution in [0.5, 0.6) is 0 Å². The van der Waals surface area contributed by atoms with E-state index in [1.54, 1.807) is 17.2 Å². The normalized spacial score (nSPS) is 16.4. The van der Waals surface area contributed by atoms with E-state index in [0.717, 1.165) is 11.4 Å². The first-order valence-electron chi connectivity index (χ1n) is 6.44. The molecule has 0 spiro atoms. The van der Waals surface area contributed by atoms with Gasteiger partial charge in [-0.2, -0.15) is 0 Å². The maximum atomic E-state index is 12.6. The number of aromatic nitrogens is 1. The van der Waals surface area contributed by atoms with Crippen molar-refractivity contribution in [1.82, 2.24) is 4.98 Å². The molecule has 1 aliphatic heterocycles. The zero-order chi connectivity index (χ0) is 14.7. The molecule has 21 heavy (non-hydrogen) atoms. The summed E-state index contributed by atoms with van der Waals surface area (Å²) in [6.07, 6.45) is 5.31. The van der Waals surface area contributed by atoms with E-state index >= 15 is 0 Å². The average Bonchev–Trinajstić information content (AvgIpc) is 2.85. The summed E-state index contributed by atoms with van der Waals surface area (Å²) in [6.45, 7) is 0. The van der Waals surface area contributed by atoms with Gasteiger partial charge in [-0.15, -0.1) is 0 Å². The van der Waals surface area contributed by atoms with Crippen molar-refractivity contribution in [2.45, 2.75) is 0 Å². The average molecular weight is 295 g/mol. The van der Waals surface area contributed by atoms with Gasteiger partial charge >= 0.3 is 0 Å². The highest BCUT2D eigenvalue weighted by molar-refractivity contribution is 8.13. The summed E-state index contributed by atoms with van der Waals surface area (Å²) in [5, 5.41) is 0.674. The Morgan fingerprint density at radius 1 is 1.10 bits per heavy atom. The maximum Gasteiger partial charge on any atom is 0.283 e. The molecule has 0 saturated carbocycles. The van der Waals surface area contributed by atoms with E-state index in [4.69, 9.17) is 0 Å². The number of anilines is 1. The van der Waals surface area contributed by atoms with E-state index in [2.05, 4.69) is 9.98 Å². The molecule has 0 atom stereocenters. The number of rotatable bonds is 2. The lowest BCUT2D eigenvalue weighted by molar-refractivity contribution is -0.113. The largest absolute Gasteiger partial charge is 0.283 e. The molecule has 104 valence electrons. The summed E-state index contributed by atoms with van der Waals surface area (Å²) >= 11 is 1.45. The van der Waals surface area contributed by atoms with Crippen molar-refractivity contribution >= 4 is 34.6 Å². The summed E-state index contributed by atoms with van der Waals surface area (Å²) in [4.78, 5) is 22.8. The van der Waals surface area contributed by atoms with Gasteiger partial charge in [0.2, 0.25) is 0 Å². The molecule has 0 saturated heterocycles. The number of para-hydroxylation sites is 1. The van der Waals surface area contributed by atoms with E-state index in [0.29, 0.717) is 10.9 Å². The highest BCUT2D eigenvalue weighted by Gasteiger charge is 2.30. The Labute approximate surface area is 127 Å². The Hall–Kier alpha value is -2.40. The van der Waals surface area contributed by atoms with Crippen LogP contribution in [0, 0.1) is 0 Å². The van der Waals surface area contributed by atoms with E-state index in [9.17, 15) is 4.79 Å². The van der Waals surface area contributed by atoms with Gasteiger partial charge in [-0.25, -0.2) is 4.99 Å². The quantitative estimate of drug-likeness (QED) is 0.799. The van der Waals surface area contributed by atoms with Gasteiger partial charge in [0.25, 0.3) is 5.91 Å². The maximum absolute atomic E-state index is 12.6. The predicted octanol–water partition coefficient (Wildman–Crippen LogP) is 3.19. The van der Waals surface area contributed by atoms with Crippen LogP contribution in [0.4, 0.5) is 5.69 Å². The van der Waals surface area contributed by atoms with Gasteiger partial charge in [0.05, 0.1) is 11.4 Å². The number of aliphatic imine (C=N–C) groups is 1. The lowest BCUT2D eigenvalue weighted by Gasteiger charge is -2.16. The molecular formula is C16H13N3OS. The van der Waals surface area contributed by atoms with Gasteiger partial charge in [0, 0.05) is 6.20 Å². The molecule has 5 heteroatoms. The summed E-state index contributed by atoms with van der Waals surface area (Å²) in [5.74, 6) is -0.129. The minimum absolute atomic E-state index is 0.129. The van der Waals surface area contributed by atoms with Gasteiger partial charge in [0.1, 0.15) is 5.70 Å². The lowest BCUT2D eigenvalue weighted by Crippen LogP contribution is -2.29. The topological polar surface area (TPSA) is 45.6 Å². The Kier molecular flexibility index (Phi) is 3.83. The third-order valence-electron chi connectivity index (χ3n) is 3.00. The number of thioether (sulfide) groups is 1. The van der Waals surface area contributed by atoms with Crippen molar-refractivity contribution in [3.05, 3.63) is 66.1 Å². The van der Waals surface area contributed by atoms with Crippen LogP contribution in [0.2, 0.25) is 0 Å². The SMILES string of the molecule is CSC1=N/C(=C\c2ccccn2)C(=O)N1c1ccccc1. The number of amidine groups is 1. The molecule has 1 aliphatic rings. The van der Waals surface area contributed by atoms with Crippen LogP contribution in [0.3, 0.4) is 0 Å². The summed E-state index contributed by atoms with van der Waals surface area (Å²) < 4.78 is 0. The highest BCUT2D eigenvalue weighted by Crippen LogP contribution is 2.27. The molecule has 1 aromatic carbocycles. The van der Waals surface area contributed by atoms with E-state index in [1.807, 2.05) is 54.8 Å². The van der Waals surface area contributed by atoms with Gasteiger partial charge in [-0.3, -0.25) is 14.7 Å². The van der Waals surface area contributed by atoms with Crippen molar-refractivity contribution in [2.24, 2.45) is 4.99 Å². The Morgan fingerprint density at radius 3 is 2.52 bits per heavy atom. The van der Waals surface area contributed by atoms with Crippen LogP contribution in [0.15, 0.2) is 65.4 Å². The van der Waals surface area contributed by atoms with Gasteiger partial charge in [0.15, 0.2) is 5.17 Å². The fourth-order valence-corrected chi connectivity index (χ4v) is 2.60. The molecular weight excluding hydrogens is 282 g/mol. The van der Waals surface area contributed by atoms with Gasteiger partial charge < -0.3 is 0 Å². The zero-order valence-electron chi connectivity index (χ0n) is 11.4. The fraction of sp³-hybridized carbons (Fsp3) is 0.0625. The van der Waals surface area contributed by atoms with E-state index < -0.39 is 0 Å². The number of carbonyl (C=O) groups excluding carboxylic acids is 1. The second kappa shape index (κ2) is 5.93. The minimum Gasteiger partial charge on any atom is -0.266 e. The third kappa shape index (κ3) is 2.73. The molecule has 0 aliphatic carbocycles. The van der Waals surface area contributed by atoms with Crippen molar-refractivity contribution in [2.75, 3.05) is 11.2 Å². The number of hydrogen-bond acceptors (Lipinski definition) is 4. The molecule has 3 rings (SSSR count). The van der Waals surface area contributed by atoms with Crippen LogP contribution < -0.4 is 4.90 Å². The van der Waals surface area contributed by atoms with Gasteiger partial charge in [-0.1, -0.05) is 36.0 Å². The third-order valence-corrected chi connectivity index (χ3v) is 3.64. The summed E-state index contributed by atoms with van der Waals surface area (Å²) in [7, 11) is 0. The van der Waals surface area contributed by atoms with Crippen molar-refractivity contribution in [3.63, 3.8) is 0 Å². The Morgan fingerprint density at radius 2 is 1.86 bits per heavy atom. The predicted molar refractivity (Wildman–Crippen MR) is 87.1 cm³/mol. The van der Waals surface area contributed by atoms with Gasteiger partial charge in [-0.05, 0) is 36.6 Å². The zero-order valence-corrected chi connectivity index (χ0v) is 12.2. The number of hydrogen-bond donors (Lipinski definition) is 0. The molecule has 0 unspecified atom stereocenters. The molecule has 0 fully saturated rings. The lowest BCUT2D eigenvalue weighted by atomic mass is 10.2. The van der Waals surface area contributed by atoms with Crippen molar-refractivity contribution in [3.8, 4) is 0 Å². The fourth-order valence-electron chi connectivity index (χ4n) is 2.04. The standard InChI is InChI=1S/C16H13N3OS/c1-21-16-18-14(11-12-7-5-6-10-17-12)15(20)19(16)13-8-3-2-4-9-13/h2-11H,1H3/b14-11-. The van der Waals surface area contributed by atoms with Crippen LogP contribution >= 0.6 is 11.8 Å². The number of pyridine rings is 1. The minimum atomic E-state index is -0.129. The summed E-state index contributed by atoms with van der Waals surface area (Å²) in [6, 6.07) is 15.1. The molecule has 2 heterocycles. The molecule has 1 aromatic heterocycles. The van der Waals surface area contributed by atoms with Crippen molar-refractivity contribution < 1.29 is 4.79 Å². The molecule has 1 amide bonds. The van der Waals surface area contributed by atoms with Crippen LogP contribution in [0.1, 0.15) is 5.69 Å². The number of carbonyl (C=O) groups is 1. The number of amides is 1. The van der Waals surface area contributed by atoms with E-state index in [1.165, 1.54) is 11.8 Å². The first kappa shape index (κ1) is 13.6. The second-order valence-corrected chi connectivity index (χ2v) is 5.13. The molecule has 4 nitrogen and oxygen atoms in total. The Bertz CT molecular complexity index is 711. The number of nitrogens with zero attached hydrogens (tertiary/aromatic N) is 3. The molecule has 2 aromatic rings. The monoisotopic (exact) mass is 295 g/mol. The van der Waals surface area contributed by atoms with E-state index in [-0.39, 0.29) is 5.91 Å². The molecule has 0 bridgehead atoms. The second-order valence-electron chi connectivity index (χ2n) is 4.36. The molecule has 0 radical (unpaired) electrons. The molecule has 0 N–H and O–H groups in total. The summed E-state index contributed by atoms with van der Waals surface area (Å²) in [5.41, 5.74) is 1.95. The Balaban J connectivity index is 1.98. The first-order valence-corrected chi connectivity index (χ1v) is 7.67. The highest BCUT2D eigenvalue weighted by atomic mass is 32.2. The number of benzene rings is 1.